The Bertz CT molecular complexity index is 690. The summed E-state index contributed by atoms with van der Waals surface area (Å²) in [4.78, 5) is 18.3. The van der Waals surface area contributed by atoms with E-state index in [0.717, 1.165) is 42.6 Å². The van der Waals surface area contributed by atoms with Crippen LogP contribution in [0.4, 0.5) is 0 Å². The van der Waals surface area contributed by atoms with E-state index < -0.39 is 0 Å². The lowest BCUT2D eigenvalue weighted by Crippen LogP contribution is -2.43. The summed E-state index contributed by atoms with van der Waals surface area (Å²) in [5.41, 5.74) is 0. The minimum absolute atomic E-state index is 0.0552. The highest BCUT2D eigenvalue weighted by Gasteiger charge is 2.21. The molecule has 1 N–H and O–H groups in total. The fraction of sp³-hybridized carbons (Fsp3) is 0.562. The summed E-state index contributed by atoms with van der Waals surface area (Å²) in [5.74, 6) is 3.57. The Hall–Kier alpha value is -2.15. The number of aryl methyl sites for hydroxylation is 3. The topological polar surface area (TPSA) is 76.2 Å². The van der Waals surface area contributed by atoms with Gasteiger partial charge in [-0.3, -0.25) is 4.79 Å². The van der Waals surface area contributed by atoms with Crippen LogP contribution in [0.5, 0.6) is 0 Å². The first kappa shape index (κ1) is 15.7. The zero-order chi connectivity index (χ0) is 16.4. The monoisotopic (exact) mass is 317 g/mol. The van der Waals surface area contributed by atoms with Gasteiger partial charge in [0.15, 0.2) is 0 Å². The van der Waals surface area contributed by atoms with Gasteiger partial charge in [0.1, 0.15) is 23.2 Å². The van der Waals surface area contributed by atoms with Crippen LogP contribution in [-0.2, 0) is 24.3 Å². The van der Waals surface area contributed by atoms with E-state index in [1.165, 1.54) is 0 Å². The SMILES string of the molecule is Cc1nc2n(n1)C[C@H](NCC(=O)N(C)Cc1ccc(C)o1)CC2. The molecule has 1 atom stereocenters. The van der Waals surface area contributed by atoms with E-state index in [9.17, 15) is 4.79 Å². The summed E-state index contributed by atoms with van der Waals surface area (Å²) in [6.07, 6.45) is 1.88. The van der Waals surface area contributed by atoms with Crippen molar-refractivity contribution in [3.8, 4) is 0 Å². The summed E-state index contributed by atoms with van der Waals surface area (Å²) in [6, 6.07) is 4.07. The summed E-state index contributed by atoms with van der Waals surface area (Å²) >= 11 is 0. The lowest BCUT2D eigenvalue weighted by atomic mass is 10.1. The van der Waals surface area contributed by atoms with Gasteiger partial charge < -0.3 is 14.6 Å². The van der Waals surface area contributed by atoms with Gasteiger partial charge in [-0.25, -0.2) is 9.67 Å². The maximum absolute atomic E-state index is 12.2. The molecule has 0 fully saturated rings. The third kappa shape index (κ3) is 3.79. The molecule has 1 aliphatic rings. The van der Waals surface area contributed by atoms with E-state index in [4.69, 9.17) is 4.42 Å². The van der Waals surface area contributed by atoms with E-state index in [2.05, 4.69) is 15.4 Å². The Morgan fingerprint density at radius 3 is 3.04 bits per heavy atom. The number of hydrogen-bond donors (Lipinski definition) is 1. The number of carbonyl (C=O) groups excluding carboxylic acids is 1. The number of carbonyl (C=O) groups is 1. The van der Waals surface area contributed by atoms with Crippen molar-refractivity contribution in [2.45, 2.75) is 45.8 Å². The lowest BCUT2D eigenvalue weighted by molar-refractivity contribution is -0.129. The van der Waals surface area contributed by atoms with Crippen molar-refractivity contribution < 1.29 is 9.21 Å². The number of hydrogen-bond acceptors (Lipinski definition) is 5. The number of fused-ring (bicyclic) bond motifs is 1. The Balaban J connectivity index is 1.47. The maximum atomic E-state index is 12.2. The molecule has 23 heavy (non-hydrogen) atoms. The third-order valence-corrected chi connectivity index (χ3v) is 4.12. The van der Waals surface area contributed by atoms with Gasteiger partial charge in [0, 0.05) is 19.5 Å². The summed E-state index contributed by atoms with van der Waals surface area (Å²) in [6.45, 7) is 5.39. The van der Waals surface area contributed by atoms with E-state index in [1.54, 1.807) is 11.9 Å². The second kappa shape index (κ2) is 6.54. The van der Waals surface area contributed by atoms with Crippen LogP contribution in [0.15, 0.2) is 16.5 Å². The van der Waals surface area contributed by atoms with Crippen LogP contribution < -0.4 is 5.32 Å². The lowest BCUT2D eigenvalue weighted by Gasteiger charge is -2.24. The Kier molecular flexibility index (Phi) is 4.47. The number of likely N-dealkylation sites (N-methyl/N-ethyl adjacent to an activating group) is 1. The van der Waals surface area contributed by atoms with Crippen LogP contribution in [0, 0.1) is 13.8 Å². The fourth-order valence-corrected chi connectivity index (χ4v) is 2.86. The molecule has 1 aliphatic heterocycles. The van der Waals surface area contributed by atoms with E-state index in [1.807, 2.05) is 30.7 Å². The van der Waals surface area contributed by atoms with Gasteiger partial charge in [0.2, 0.25) is 5.91 Å². The van der Waals surface area contributed by atoms with E-state index in [-0.39, 0.29) is 11.9 Å². The smallest absolute Gasteiger partial charge is 0.236 e. The fourth-order valence-electron chi connectivity index (χ4n) is 2.86. The molecular formula is C16H23N5O2. The maximum Gasteiger partial charge on any atom is 0.236 e. The predicted molar refractivity (Wildman–Crippen MR) is 84.8 cm³/mol. The van der Waals surface area contributed by atoms with Crippen molar-refractivity contribution >= 4 is 5.91 Å². The number of furan rings is 1. The van der Waals surface area contributed by atoms with Crippen LogP contribution in [0.1, 0.15) is 29.6 Å². The third-order valence-electron chi connectivity index (χ3n) is 4.12. The molecule has 3 heterocycles. The molecule has 0 radical (unpaired) electrons. The normalized spacial score (nSPS) is 17.1. The minimum atomic E-state index is 0.0552. The van der Waals surface area contributed by atoms with Crippen molar-refractivity contribution in [2.75, 3.05) is 13.6 Å². The van der Waals surface area contributed by atoms with Gasteiger partial charge in [-0.15, -0.1) is 0 Å². The largest absolute Gasteiger partial charge is 0.464 e. The summed E-state index contributed by atoms with van der Waals surface area (Å²) in [5, 5.41) is 7.71. The van der Waals surface area contributed by atoms with Crippen LogP contribution in [0.3, 0.4) is 0 Å². The number of rotatable bonds is 5. The average molecular weight is 317 g/mol. The molecule has 0 aliphatic carbocycles. The quantitative estimate of drug-likeness (QED) is 0.892. The van der Waals surface area contributed by atoms with Gasteiger partial charge in [0.05, 0.1) is 19.6 Å². The molecule has 0 saturated carbocycles. The molecule has 0 spiro atoms. The highest BCUT2D eigenvalue weighted by atomic mass is 16.3. The van der Waals surface area contributed by atoms with Gasteiger partial charge in [0.25, 0.3) is 0 Å². The van der Waals surface area contributed by atoms with Crippen molar-refractivity contribution in [2.24, 2.45) is 0 Å². The number of nitrogens with one attached hydrogen (secondary N) is 1. The van der Waals surface area contributed by atoms with Crippen LogP contribution >= 0.6 is 0 Å². The molecule has 124 valence electrons. The molecule has 0 unspecified atom stereocenters. The highest BCUT2D eigenvalue weighted by molar-refractivity contribution is 5.77. The van der Waals surface area contributed by atoms with Crippen molar-refractivity contribution in [1.29, 1.82) is 0 Å². The first-order valence-electron chi connectivity index (χ1n) is 7.94. The number of nitrogens with zero attached hydrogens (tertiary/aromatic N) is 4. The first-order chi connectivity index (χ1) is 11.0. The number of amides is 1. The van der Waals surface area contributed by atoms with Gasteiger partial charge in [-0.1, -0.05) is 0 Å². The highest BCUT2D eigenvalue weighted by Crippen LogP contribution is 2.13. The van der Waals surface area contributed by atoms with Gasteiger partial charge >= 0.3 is 0 Å². The van der Waals surface area contributed by atoms with Crippen molar-refractivity contribution in [3.63, 3.8) is 0 Å². The first-order valence-corrected chi connectivity index (χ1v) is 7.94. The molecule has 3 rings (SSSR count). The van der Waals surface area contributed by atoms with Gasteiger partial charge in [-0.2, -0.15) is 5.10 Å². The standard InChI is InChI=1S/C16H23N5O2/c1-11-4-6-14(23-11)10-20(3)16(22)8-17-13-5-7-15-18-12(2)19-21(15)9-13/h4,6,13,17H,5,7-10H2,1-3H3/t13-/m1/s1. The second-order valence-electron chi connectivity index (χ2n) is 6.14. The average Bonchev–Trinajstić information content (AvgIpc) is 3.08. The summed E-state index contributed by atoms with van der Waals surface area (Å²) in [7, 11) is 1.79. The summed E-state index contributed by atoms with van der Waals surface area (Å²) < 4.78 is 7.45. The van der Waals surface area contributed by atoms with Crippen LogP contribution in [0.2, 0.25) is 0 Å². The molecule has 0 aromatic carbocycles. The van der Waals surface area contributed by atoms with E-state index >= 15 is 0 Å². The Morgan fingerprint density at radius 1 is 1.48 bits per heavy atom. The zero-order valence-corrected chi connectivity index (χ0v) is 13.9. The van der Waals surface area contributed by atoms with E-state index in [0.29, 0.717) is 13.1 Å². The molecule has 7 nitrogen and oxygen atoms in total. The molecule has 1 amide bonds. The minimum Gasteiger partial charge on any atom is -0.464 e. The van der Waals surface area contributed by atoms with Crippen LogP contribution in [0.25, 0.3) is 0 Å². The van der Waals surface area contributed by atoms with Crippen molar-refractivity contribution in [1.82, 2.24) is 25.0 Å². The molecule has 2 aromatic heterocycles. The molecule has 7 heteroatoms. The predicted octanol–water partition coefficient (Wildman–Crippen LogP) is 1.05. The van der Waals surface area contributed by atoms with Gasteiger partial charge in [-0.05, 0) is 32.4 Å². The van der Waals surface area contributed by atoms with Crippen molar-refractivity contribution in [3.05, 3.63) is 35.3 Å². The second-order valence-corrected chi connectivity index (χ2v) is 6.14. The molecule has 0 bridgehead atoms. The van der Waals surface area contributed by atoms with Crippen LogP contribution in [-0.4, -0.2) is 45.2 Å². The Morgan fingerprint density at radius 2 is 2.30 bits per heavy atom. The molecule has 0 saturated heterocycles. The molecular weight excluding hydrogens is 294 g/mol. The number of aromatic nitrogens is 3. The molecule has 2 aromatic rings. The Labute approximate surface area is 135 Å². The zero-order valence-electron chi connectivity index (χ0n) is 13.9.